The third-order valence-electron chi connectivity index (χ3n) is 5.32. The first-order valence-electron chi connectivity index (χ1n) is 8.41. The summed E-state index contributed by atoms with van der Waals surface area (Å²) in [5.41, 5.74) is 0.395. The average molecular weight is 399 g/mol. The molecule has 0 saturated heterocycles. The summed E-state index contributed by atoms with van der Waals surface area (Å²) in [7, 11) is 0. The van der Waals surface area contributed by atoms with Crippen molar-refractivity contribution >= 4 is 22.6 Å². The minimum absolute atomic E-state index is 0.395. The Balaban J connectivity index is 1.72. The molecule has 2 saturated carbocycles. The lowest BCUT2D eigenvalue weighted by Gasteiger charge is -2.57. The highest BCUT2D eigenvalue weighted by Gasteiger charge is 2.56. The molecule has 2 aliphatic rings. The molecule has 2 nitrogen and oxygen atoms in total. The van der Waals surface area contributed by atoms with Crippen LogP contribution in [-0.4, -0.2) is 18.7 Å². The minimum atomic E-state index is 0.395. The van der Waals surface area contributed by atoms with Gasteiger partial charge in [-0.05, 0) is 60.5 Å². The van der Waals surface area contributed by atoms with Crippen LogP contribution in [0, 0.1) is 8.99 Å². The molecular formula is C18H26INO. The van der Waals surface area contributed by atoms with Gasteiger partial charge in [-0.25, -0.2) is 0 Å². The first-order valence-corrected chi connectivity index (χ1v) is 9.49. The highest BCUT2D eigenvalue weighted by atomic mass is 127. The topological polar surface area (TPSA) is 21.3 Å². The van der Waals surface area contributed by atoms with E-state index in [-0.39, 0.29) is 0 Å². The van der Waals surface area contributed by atoms with Gasteiger partial charge in [-0.2, -0.15) is 0 Å². The van der Waals surface area contributed by atoms with Crippen LogP contribution in [-0.2, 0) is 0 Å². The quantitative estimate of drug-likeness (QED) is 0.721. The van der Waals surface area contributed by atoms with E-state index in [4.69, 9.17) is 4.74 Å². The Bertz CT molecular complexity index is 470. The van der Waals surface area contributed by atoms with Crippen molar-refractivity contribution in [3.63, 3.8) is 0 Å². The van der Waals surface area contributed by atoms with E-state index < -0.39 is 0 Å². The van der Waals surface area contributed by atoms with Crippen molar-refractivity contribution in [3.8, 4) is 5.75 Å². The van der Waals surface area contributed by atoms with Crippen LogP contribution in [0.15, 0.2) is 24.3 Å². The maximum absolute atomic E-state index is 6.44. The number of halogens is 1. The van der Waals surface area contributed by atoms with Gasteiger partial charge in [-0.3, -0.25) is 0 Å². The van der Waals surface area contributed by atoms with Crippen LogP contribution in [0.25, 0.3) is 0 Å². The van der Waals surface area contributed by atoms with E-state index in [0.29, 0.717) is 17.6 Å². The van der Waals surface area contributed by atoms with E-state index in [2.05, 4.69) is 59.1 Å². The Morgan fingerprint density at radius 2 is 2.00 bits per heavy atom. The molecule has 0 radical (unpaired) electrons. The zero-order valence-corrected chi connectivity index (χ0v) is 15.1. The summed E-state index contributed by atoms with van der Waals surface area (Å²) in [6.07, 6.45) is 9.61. The Hall–Kier alpha value is -0.290. The second-order valence-corrected chi connectivity index (χ2v) is 7.74. The SMILES string of the molecule is CCCNC1CC(Oc2ccccc2I)C12CCCCC2. The van der Waals surface area contributed by atoms with Crippen molar-refractivity contribution in [2.75, 3.05) is 6.54 Å². The maximum atomic E-state index is 6.44. The summed E-state index contributed by atoms with van der Waals surface area (Å²) in [5.74, 6) is 1.07. The molecule has 21 heavy (non-hydrogen) atoms. The standard InChI is InChI=1S/C18H26INO/c1-2-12-20-16-13-17(18(16)10-6-3-7-11-18)21-15-9-5-4-8-14(15)19/h4-5,8-9,16-17,20H,2-3,6-7,10-13H2,1H3. The van der Waals surface area contributed by atoms with Gasteiger partial charge in [-0.15, -0.1) is 0 Å². The molecule has 2 fully saturated rings. The number of hydrogen-bond donors (Lipinski definition) is 1. The summed E-state index contributed by atoms with van der Waals surface area (Å²) in [4.78, 5) is 0. The third-order valence-corrected chi connectivity index (χ3v) is 6.21. The van der Waals surface area contributed by atoms with Crippen LogP contribution >= 0.6 is 22.6 Å². The van der Waals surface area contributed by atoms with Gasteiger partial charge in [0.1, 0.15) is 11.9 Å². The molecule has 1 N–H and O–H groups in total. The van der Waals surface area contributed by atoms with Gasteiger partial charge in [-0.1, -0.05) is 38.3 Å². The van der Waals surface area contributed by atoms with Gasteiger partial charge in [0.2, 0.25) is 0 Å². The highest BCUT2D eigenvalue weighted by Crippen LogP contribution is 2.53. The molecule has 2 atom stereocenters. The van der Waals surface area contributed by atoms with Crippen LogP contribution in [0.3, 0.4) is 0 Å². The fourth-order valence-corrected chi connectivity index (χ4v) is 4.61. The number of benzene rings is 1. The number of ether oxygens (including phenoxy) is 1. The summed E-state index contributed by atoms with van der Waals surface area (Å²) in [6, 6.07) is 9.08. The fourth-order valence-electron chi connectivity index (χ4n) is 4.09. The van der Waals surface area contributed by atoms with E-state index in [1.54, 1.807) is 0 Å². The summed E-state index contributed by atoms with van der Waals surface area (Å²) in [5, 5.41) is 3.78. The van der Waals surface area contributed by atoms with Crippen LogP contribution in [0.2, 0.25) is 0 Å². The van der Waals surface area contributed by atoms with Gasteiger partial charge in [0.15, 0.2) is 0 Å². The van der Waals surface area contributed by atoms with Crippen molar-refractivity contribution < 1.29 is 4.74 Å². The van der Waals surface area contributed by atoms with E-state index in [9.17, 15) is 0 Å². The van der Waals surface area contributed by atoms with Gasteiger partial charge in [0, 0.05) is 17.9 Å². The lowest BCUT2D eigenvalue weighted by atomic mass is 9.55. The Labute approximate surface area is 142 Å². The fraction of sp³-hybridized carbons (Fsp3) is 0.667. The normalized spacial score (nSPS) is 27.3. The lowest BCUT2D eigenvalue weighted by molar-refractivity contribution is -0.103. The molecule has 0 bridgehead atoms. The number of rotatable bonds is 5. The molecule has 1 spiro atoms. The third kappa shape index (κ3) is 3.09. The van der Waals surface area contributed by atoms with E-state index >= 15 is 0 Å². The molecule has 3 heteroatoms. The molecule has 1 aromatic rings. The molecule has 0 heterocycles. The van der Waals surface area contributed by atoms with Gasteiger partial charge in [0.25, 0.3) is 0 Å². The van der Waals surface area contributed by atoms with Crippen molar-refractivity contribution in [1.82, 2.24) is 5.32 Å². The smallest absolute Gasteiger partial charge is 0.133 e. The van der Waals surface area contributed by atoms with Crippen molar-refractivity contribution in [1.29, 1.82) is 0 Å². The first kappa shape index (κ1) is 15.6. The van der Waals surface area contributed by atoms with Crippen LogP contribution < -0.4 is 10.1 Å². The molecule has 0 amide bonds. The second-order valence-electron chi connectivity index (χ2n) is 6.57. The van der Waals surface area contributed by atoms with Gasteiger partial charge >= 0.3 is 0 Å². The first-order chi connectivity index (χ1) is 10.3. The highest BCUT2D eigenvalue weighted by molar-refractivity contribution is 14.1. The largest absolute Gasteiger partial charge is 0.489 e. The maximum Gasteiger partial charge on any atom is 0.133 e. The zero-order valence-electron chi connectivity index (χ0n) is 12.9. The van der Waals surface area contributed by atoms with E-state index in [1.807, 2.05) is 0 Å². The molecule has 116 valence electrons. The molecule has 1 aromatic carbocycles. The van der Waals surface area contributed by atoms with Crippen LogP contribution in [0.1, 0.15) is 51.9 Å². The monoisotopic (exact) mass is 399 g/mol. The number of nitrogens with one attached hydrogen (secondary N) is 1. The Morgan fingerprint density at radius 3 is 2.71 bits per heavy atom. The molecular weight excluding hydrogens is 373 g/mol. The molecule has 0 aliphatic heterocycles. The van der Waals surface area contributed by atoms with Gasteiger partial charge < -0.3 is 10.1 Å². The molecule has 0 aromatic heterocycles. The zero-order chi connectivity index (χ0) is 14.7. The van der Waals surface area contributed by atoms with Crippen LogP contribution in [0.4, 0.5) is 0 Å². The summed E-state index contributed by atoms with van der Waals surface area (Å²) >= 11 is 2.38. The van der Waals surface area contributed by atoms with Crippen LogP contribution in [0.5, 0.6) is 5.75 Å². The van der Waals surface area contributed by atoms with Crippen molar-refractivity contribution in [3.05, 3.63) is 27.8 Å². The molecule has 2 aliphatic carbocycles. The number of hydrogen-bond acceptors (Lipinski definition) is 2. The summed E-state index contributed by atoms with van der Waals surface area (Å²) in [6.45, 7) is 3.39. The van der Waals surface area contributed by atoms with E-state index in [1.165, 1.54) is 48.5 Å². The predicted molar refractivity (Wildman–Crippen MR) is 95.8 cm³/mol. The average Bonchev–Trinajstić information content (AvgIpc) is 2.52. The molecule has 3 rings (SSSR count). The second kappa shape index (κ2) is 6.86. The number of para-hydroxylation sites is 1. The van der Waals surface area contributed by atoms with E-state index in [0.717, 1.165) is 12.3 Å². The van der Waals surface area contributed by atoms with Crippen molar-refractivity contribution in [2.24, 2.45) is 5.41 Å². The Kier molecular flexibility index (Phi) is 5.10. The minimum Gasteiger partial charge on any atom is -0.489 e. The Morgan fingerprint density at radius 1 is 1.24 bits per heavy atom. The van der Waals surface area contributed by atoms with Gasteiger partial charge in [0.05, 0.1) is 3.57 Å². The lowest BCUT2D eigenvalue weighted by Crippen LogP contribution is -2.65. The summed E-state index contributed by atoms with van der Waals surface area (Å²) < 4.78 is 7.66. The predicted octanol–water partition coefficient (Wildman–Crippen LogP) is 4.76. The van der Waals surface area contributed by atoms with Crippen molar-refractivity contribution in [2.45, 2.75) is 64.0 Å². The molecule has 2 unspecified atom stereocenters.